The van der Waals surface area contributed by atoms with Crippen molar-refractivity contribution < 1.29 is 4.79 Å². The number of carbonyl (C=O) groups excluding carboxylic acids is 1. The van der Waals surface area contributed by atoms with E-state index >= 15 is 0 Å². The molecule has 0 aliphatic heterocycles. The van der Waals surface area contributed by atoms with E-state index in [1.807, 2.05) is 26.0 Å². The molecule has 5 nitrogen and oxygen atoms in total. The molecule has 2 rings (SSSR count). The fourth-order valence-corrected chi connectivity index (χ4v) is 2.29. The summed E-state index contributed by atoms with van der Waals surface area (Å²) in [6, 6.07) is 8.10. The Labute approximate surface area is 124 Å². The van der Waals surface area contributed by atoms with Crippen LogP contribution in [0.3, 0.4) is 0 Å². The van der Waals surface area contributed by atoms with Crippen LogP contribution in [0.2, 0.25) is 0 Å². The number of hydrogen-bond acceptors (Lipinski definition) is 3. The summed E-state index contributed by atoms with van der Waals surface area (Å²) in [6.07, 6.45) is 5.32. The SMILES string of the molecule is Cc1cc(C)cc(N(CCC#N)C(=O)Cn2ccnc2)c1. The fourth-order valence-electron chi connectivity index (χ4n) is 2.29. The number of aryl methyl sites for hydroxylation is 2. The highest BCUT2D eigenvalue weighted by atomic mass is 16.2. The monoisotopic (exact) mass is 282 g/mol. The van der Waals surface area contributed by atoms with E-state index in [0.29, 0.717) is 13.0 Å². The first-order valence-corrected chi connectivity index (χ1v) is 6.81. The standard InChI is InChI=1S/C16H18N4O/c1-13-8-14(2)10-15(9-13)20(6-3-4-17)16(21)11-19-7-5-18-12-19/h5,7-10,12H,3,6,11H2,1-2H3. The lowest BCUT2D eigenvalue weighted by atomic mass is 10.1. The quantitative estimate of drug-likeness (QED) is 0.846. The molecule has 2 aromatic rings. The highest BCUT2D eigenvalue weighted by Gasteiger charge is 2.16. The van der Waals surface area contributed by atoms with E-state index < -0.39 is 0 Å². The van der Waals surface area contributed by atoms with Crippen molar-refractivity contribution in [2.45, 2.75) is 26.8 Å². The van der Waals surface area contributed by atoms with E-state index in [2.05, 4.69) is 17.1 Å². The van der Waals surface area contributed by atoms with Crippen LogP contribution in [0.25, 0.3) is 0 Å². The summed E-state index contributed by atoms with van der Waals surface area (Å²) in [4.78, 5) is 18.1. The molecule has 0 bridgehead atoms. The summed E-state index contributed by atoms with van der Waals surface area (Å²) in [5.41, 5.74) is 3.04. The fraction of sp³-hybridized carbons (Fsp3) is 0.312. The lowest BCUT2D eigenvalue weighted by molar-refractivity contribution is -0.119. The van der Waals surface area contributed by atoms with Gasteiger partial charge >= 0.3 is 0 Å². The average Bonchev–Trinajstić information content (AvgIpc) is 2.91. The molecule has 108 valence electrons. The van der Waals surface area contributed by atoms with Crippen molar-refractivity contribution in [1.29, 1.82) is 5.26 Å². The van der Waals surface area contributed by atoms with Gasteiger partial charge < -0.3 is 9.47 Å². The molecule has 1 aromatic heterocycles. The summed E-state index contributed by atoms with van der Waals surface area (Å²) in [6.45, 7) is 4.62. The van der Waals surface area contributed by atoms with Gasteiger partial charge in [-0.15, -0.1) is 0 Å². The van der Waals surface area contributed by atoms with Crippen LogP contribution >= 0.6 is 0 Å². The highest BCUT2D eigenvalue weighted by Crippen LogP contribution is 2.19. The van der Waals surface area contributed by atoms with Crippen LogP contribution < -0.4 is 4.90 Å². The molecule has 1 amide bonds. The van der Waals surface area contributed by atoms with Gasteiger partial charge in [0.2, 0.25) is 5.91 Å². The predicted molar refractivity (Wildman–Crippen MR) is 80.7 cm³/mol. The second kappa shape index (κ2) is 6.71. The number of rotatable bonds is 5. The van der Waals surface area contributed by atoms with E-state index in [9.17, 15) is 4.79 Å². The zero-order valence-electron chi connectivity index (χ0n) is 12.3. The van der Waals surface area contributed by atoms with Crippen LogP contribution in [0.15, 0.2) is 36.9 Å². The molecule has 1 aromatic carbocycles. The number of nitrogens with zero attached hydrogens (tertiary/aromatic N) is 4. The number of nitriles is 1. The summed E-state index contributed by atoms with van der Waals surface area (Å²) in [7, 11) is 0. The topological polar surface area (TPSA) is 61.9 Å². The Morgan fingerprint density at radius 3 is 2.62 bits per heavy atom. The minimum atomic E-state index is -0.0479. The van der Waals surface area contributed by atoms with Crippen LogP contribution in [0.4, 0.5) is 5.69 Å². The van der Waals surface area contributed by atoms with E-state index in [-0.39, 0.29) is 12.5 Å². The van der Waals surface area contributed by atoms with Crippen molar-refractivity contribution in [1.82, 2.24) is 9.55 Å². The van der Waals surface area contributed by atoms with Crippen molar-refractivity contribution in [3.05, 3.63) is 48.0 Å². The molecule has 0 radical (unpaired) electrons. The maximum Gasteiger partial charge on any atom is 0.246 e. The molecule has 0 spiro atoms. The van der Waals surface area contributed by atoms with Crippen LogP contribution in [0, 0.1) is 25.2 Å². The van der Waals surface area contributed by atoms with Gasteiger partial charge in [-0.3, -0.25) is 4.79 Å². The van der Waals surface area contributed by atoms with E-state index in [0.717, 1.165) is 16.8 Å². The minimum Gasteiger partial charge on any atom is -0.328 e. The zero-order valence-corrected chi connectivity index (χ0v) is 12.3. The van der Waals surface area contributed by atoms with Gasteiger partial charge in [-0.25, -0.2) is 4.98 Å². The Kier molecular flexibility index (Phi) is 4.72. The van der Waals surface area contributed by atoms with Crippen LogP contribution in [0.5, 0.6) is 0 Å². The number of imidazole rings is 1. The van der Waals surface area contributed by atoms with Crippen molar-refractivity contribution in [2.24, 2.45) is 0 Å². The molecule has 0 N–H and O–H groups in total. The smallest absolute Gasteiger partial charge is 0.246 e. The molecule has 0 aliphatic rings. The van der Waals surface area contributed by atoms with Crippen molar-refractivity contribution >= 4 is 11.6 Å². The zero-order chi connectivity index (χ0) is 15.2. The lowest BCUT2D eigenvalue weighted by Crippen LogP contribution is -2.34. The lowest BCUT2D eigenvalue weighted by Gasteiger charge is -2.23. The molecule has 0 aliphatic carbocycles. The number of carbonyl (C=O) groups is 1. The maximum absolute atomic E-state index is 12.5. The van der Waals surface area contributed by atoms with Crippen LogP contribution in [-0.4, -0.2) is 22.0 Å². The molecule has 0 unspecified atom stereocenters. The van der Waals surface area contributed by atoms with Gasteiger partial charge in [0.1, 0.15) is 6.54 Å². The third kappa shape index (κ3) is 3.93. The molecule has 5 heteroatoms. The van der Waals surface area contributed by atoms with Gasteiger partial charge in [0.05, 0.1) is 18.8 Å². The predicted octanol–water partition coefficient (Wildman–Crippen LogP) is 2.45. The number of anilines is 1. The average molecular weight is 282 g/mol. The molecule has 0 fully saturated rings. The van der Waals surface area contributed by atoms with Gasteiger partial charge in [-0.2, -0.15) is 5.26 Å². The second-order valence-corrected chi connectivity index (χ2v) is 5.03. The van der Waals surface area contributed by atoms with Crippen molar-refractivity contribution in [3.63, 3.8) is 0 Å². The molecular weight excluding hydrogens is 264 g/mol. The Morgan fingerprint density at radius 1 is 1.33 bits per heavy atom. The Morgan fingerprint density at radius 2 is 2.05 bits per heavy atom. The Bertz CT molecular complexity index is 635. The third-order valence-corrected chi connectivity index (χ3v) is 3.14. The molecular formula is C16H18N4O. The summed E-state index contributed by atoms with van der Waals surface area (Å²) in [5, 5.41) is 8.81. The van der Waals surface area contributed by atoms with Gasteiger partial charge in [0, 0.05) is 24.6 Å². The van der Waals surface area contributed by atoms with Crippen LogP contribution in [0.1, 0.15) is 17.5 Å². The van der Waals surface area contributed by atoms with Crippen molar-refractivity contribution in [3.8, 4) is 6.07 Å². The van der Waals surface area contributed by atoms with E-state index in [4.69, 9.17) is 5.26 Å². The van der Waals surface area contributed by atoms with Gasteiger partial charge in [-0.05, 0) is 37.1 Å². The number of aromatic nitrogens is 2. The molecule has 0 saturated heterocycles. The van der Waals surface area contributed by atoms with E-state index in [1.165, 1.54) is 0 Å². The maximum atomic E-state index is 12.5. The first kappa shape index (κ1) is 14.8. The summed E-state index contributed by atoms with van der Waals surface area (Å²) >= 11 is 0. The second-order valence-electron chi connectivity index (χ2n) is 5.03. The summed E-state index contributed by atoms with van der Waals surface area (Å²) < 4.78 is 1.73. The first-order valence-electron chi connectivity index (χ1n) is 6.81. The Balaban J connectivity index is 2.24. The van der Waals surface area contributed by atoms with Crippen molar-refractivity contribution in [2.75, 3.05) is 11.4 Å². The molecule has 21 heavy (non-hydrogen) atoms. The number of hydrogen-bond donors (Lipinski definition) is 0. The first-order chi connectivity index (χ1) is 10.1. The van der Waals surface area contributed by atoms with Crippen LogP contribution in [-0.2, 0) is 11.3 Å². The van der Waals surface area contributed by atoms with E-state index in [1.54, 1.807) is 28.2 Å². The third-order valence-electron chi connectivity index (χ3n) is 3.14. The number of amides is 1. The van der Waals surface area contributed by atoms with Gasteiger partial charge in [-0.1, -0.05) is 6.07 Å². The molecule has 0 saturated carbocycles. The van der Waals surface area contributed by atoms with Gasteiger partial charge in [0.15, 0.2) is 0 Å². The summed E-state index contributed by atoms with van der Waals surface area (Å²) in [5.74, 6) is -0.0479. The molecule has 0 atom stereocenters. The minimum absolute atomic E-state index is 0.0479. The largest absolute Gasteiger partial charge is 0.328 e. The van der Waals surface area contributed by atoms with Gasteiger partial charge in [0.25, 0.3) is 0 Å². The normalized spacial score (nSPS) is 10.1. The highest BCUT2D eigenvalue weighted by molar-refractivity contribution is 5.93. The Hall–Kier alpha value is -2.61. The molecule has 1 heterocycles. The number of benzene rings is 1.